The van der Waals surface area contributed by atoms with Crippen LogP contribution in [0.5, 0.6) is 5.75 Å². The summed E-state index contributed by atoms with van der Waals surface area (Å²) in [6.07, 6.45) is 1.07. The van der Waals surface area contributed by atoms with Gasteiger partial charge in [0, 0.05) is 0 Å². The summed E-state index contributed by atoms with van der Waals surface area (Å²) >= 11 is 11.0. The molecule has 0 heterocycles. The molecule has 1 unspecified atom stereocenters. The average molecular weight is 258 g/mol. The smallest absolute Gasteiger partial charge is 0.130 e. The van der Waals surface area contributed by atoms with E-state index in [2.05, 4.69) is 13.8 Å². The number of ether oxygens (including phenoxy) is 1. The van der Waals surface area contributed by atoms with Crippen molar-refractivity contribution in [2.24, 2.45) is 11.7 Å². The SMILES string of the molecule is CCC(C)COc1cccc(Cl)c1C(N)=S. The van der Waals surface area contributed by atoms with Crippen molar-refractivity contribution in [1.82, 2.24) is 0 Å². The Bertz CT molecular complexity index is 381. The minimum Gasteiger partial charge on any atom is -0.493 e. The molecule has 0 aromatic heterocycles. The van der Waals surface area contributed by atoms with E-state index in [0.717, 1.165) is 6.42 Å². The van der Waals surface area contributed by atoms with Gasteiger partial charge in [0.25, 0.3) is 0 Å². The molecule has 1 aromatic rings. The molecule has 0 bridgehead atoms. The van der Waals surface area contributed by atoms with Crippen molar-refractivity contribution in [3.05, 3.63) is 28.8 Å². The Balaban J connectivity index is 2.87. The molecule has 1 atom stereocenters. The maximum atomic E-state index is 6.03. The van der Waals surface area contributed by atoms with E-state index in [1.807, 2.05) is 12.1 Å². The van der Waals surface area contributed by atoms with Crippen LogP contribution in [0.25, 0.3) is 0 Å². The standard InChI is InChI=1S/C12H16ClNOS/c1-3-8(2)7-15-10-6-4-5-9(13)11(10)12(14)16/h4-6,8H,3,7H2,1-2H3,(H2,14,16). The van der Waals surface area contributed by atoms with E-state index in [-0.39, 0.29) is 4.99 Å². The molecule has 88 valence electrons. The first kappa shape index (κ1) is 13.3. The largest absolute Gasteiger partial charge is 0.493 e. The van der Waals surface area contributed by atoms with Gasteiger partial charge in [0.15, 0.2) is 0 Å². The van der Waals surface area contributed by atoms with Gasteiger partial charge in [-0.15, -0.1) is 0 Å². The van der Waals surface area contributed by atoms with E-state index in [1.54, 1.807) is 6.07 Å². The molecule has 0 aliphatic heterocycles. The van der Waals surface area contributed by atoms with Gasteiger partial charge in [-0.2, -0.15) is 0 Å². The maximum absolute atomic E-state index is 6.03. The normalized spacial score (nSPS) is 12.2. The Labute approximate surface area is 107 Å². The predicted molar refractivity (Wildman–Crippen MR) is 72.3 cm³/mol. The van der Waals surface area contributed by atoms with Crippen LogP contribution in [0.3, 0.4) is 0 Å². The zero-order valence-corrected chi connectivity index (χ0v) is 11.1. The molecule has 2 N–H and O–H groups in total. The third-order valence-electron chi connectivity index (χ3n) is 2.44. The van der Waals surface area contributed by atoms with Crippen LogP contribution < -0.4 is 10.5 Å². The summed E-state index contributed by atoms with van der Waals surface area (Å²) in [7, 11) is 0. The van der Waals surface area contributed by atoms with Crippen LogP contribution in [-0.2, 0) is 0 Å². The fourth-order valence-corrected chi connectivity index (χ4v) is 1.75. The molecule has 4 heteroatoms. The van der Waals surface area contributed by atoms with E-state index in [0.29, 0.717) is 28.9 Å². The van der Waals surface area contributed by atoms with Gasteiger partial charge in [0.05, 0.1) is 17.2 Å². The Hall–Kier alpha value is -0.800. The minimum atomic E-state index is 0.268. The van der Waals surface area contributed by atoms with Crippen LogP contribution in [0.2, 0.25) is 5.02 Å². The highest BCUT2D eigenvalue weighted by Crippen LogP contribution is 2.26. The zero-order chi connectivity index (χ0) is 12.1. The quantitative estimate of drug-likeness (QED) is 0.822. The summed E-state index contributed by atoms with van der Waals surface area (Å²) in [5.74, 6) is 1.17. The van der Waals surface area contributed by atoms with Gasteiger partial charge in [-0.1, -0.05) is 50.2 Å². The minimum absolute atomic E-state index is 0.268. The van der Waals surface area contributed by atoms with E-state index in [9.17, 15) is 0 Å². The lowest BCUT2D eigenvalue weighted by Crippen LogP contribution is -2.14. The Morgan fingerprint density at radius 2 is 2.25 bits per heavy atom. The van der Waals surface area contributed by atoms with E-state index < -0.39 is 0 Å². The van der Waals surface area contributed by atoms with E-state index in [4.69, 9.17) is 34.3 Å². The molecule has 1 aromatic carbocycles. The number of nitrogens with two attached hydrogens (primary N) is 1. The van der Waals surface area contributed by atoms with Gasteiger partial charge in [-0.25, -0.2) is 0 Å². The molecule has 0 radical (unpaired) electrons. The predicted octanol–water partition coefficient (Wildman–Crippen LogP) is 3.40. The van der Waals surface area contributed by atoms with Gasteiger partial charge < -0.3 is 10.5 Å². The van der Waals surface area contributed by atoms with Crippen molar-refractivity contribution in [2.75, 3.05) is 6.61 Å². The molecule has 0 aliphatic rings. The van der Waals surface area contributed by atoms with Gasteiger partial charge in [-0.3, -0.25) is 0 Å². The van der Waals surface area contributed by atoms with Crippen molar-refractivity contribution in [3.8, 4) is 5.75 Å². The highest BCUT2D eigenvalue weighted by atomic mass is 35.5. The fourth-order valence-electron chi connectivity index (χ4n) is 1.21. The molecule has 0 aliphatic carbocycles. The van der Waals surface area contributed by atoms with Gasteiger partial charge >= 0.3 is 0 Å². The summed E-state index contributed by atoms with van der Waals surface area (Å²) in [4.78, 5) is 0.268. The first-order valence-corrected chi connectivity index (χ1v) is 6.06. The van der Waals surface area contributed by atoms with Crippen molar-refractivity contribution in [2.45, 2.75) is 20.3 Å². The first-order valence-electron chi connectivity index (χ1n) is 5.27. The second-order valence-electron chi connectivity index (χ2n) is 3.80. The lowest BCUT2D eigenvalue weighted by Gasteiger charge is -2.14. The number of rotatable bonds is 5. The van der Waals surface area contributed by atoms with Crippen molar-refractivity contribution in [3.63, 3.8) is 0 Å². The second kappa shape index (κ2) is 6.06. The van der Waals surface area contributed by atoms with Crippen molar-refractivity contribution < 1.29 is 4.74 Å². The maximum Gasteiger partial charge on any atom is 0.130 e. The lowest BCUT2D eigenvalue weighted by molar-refractivity contribution is 0.256. The molecular weight excluding hydrogens is 242 g/mol. The number of thiocarbonyl (C=S) groups is 1. The summed E-state index contributed by atoms with van der Waals surface area (Å²) in [6, 6.07) is 5.42. The third kappa shape index (κ3) is 3.35. The molecule has 0 saturated heterocycles. The summed E-state index contributed by atoms with van der Waals surface area (Å²) in [5.41, 5.74) is 6.25. The topological polar surface area (TPSA) is 35.2 Å². The number of hydrogen-bond acceptors (Lipinski definition) is 2. The second-order valence-corrected chi connectivity index (χ2v) is 4.65. The van der Waals surface area contributed by atoms with Crippen LogP contribution in [-0.4, -0.2) is 11.6 Å². The summed E-state index contributed by atoms with van der Waals surface area (Å²) in [5, 5.41) is 0.536. The van der Waals surface area contributed by atoms with Crippen LogP contribution in [0, 0.1) is 5.92 Å². The fraction of sp³-hybridized carbons (Fsp3) is 0.417. The van der Waals surface area contributed by atoms with Crippen molar-refractivity contribution >= 4 is 28.8 Å². The highest BCUT2D eigenvalue weighted by molar-refractivity contribution is 7.80. The zero-order valence-electron chi connectivity index (χ0n) is 9.50. The molecule has 1 rings (SSSR count). The van der Waals surface area contributed by atoms with Gasteiger partial charge in [-0.05, 0) is 18.1 Å². The number of benzene rings is 1. The molecule has 0 fully saturated rings. The average Bonchev–Trinajstić information content (AvgIpc) is 2.25. The van der Waals surface area contributed by atoms with Crippen molar-refractivity contribution in [1.29, 1.82) is 0 Å². The van der Waals surface area contributed by atoms with Gasteiger partial charge in [0.2, 0.25) is 0 Å². The number of hydrogen-bond donors (Lipinski definition) is 1. The summed E-state index contributed by atoms with van der Waals surface area (Å²) in [6.45, 7) is 4.90. The number of halogens is 1. The van der Waals surface area contributed by atoms with Crippen LogP contribution in [0.1, 0.15) is 25.8 Å². The Morgan fingerprint density at radius 1 is 1.56 bits per heavy atom. The Morgan fingerprint density at radius 3 is 2.81 bits per heavy atom. The monoisotopic (exact) mass is 257 g/mol. The Kier molecular flexibility index (Phi) is 5.03. The molecular formula is C12H16ClNOS. The van der Waals surface area contributed by atoms with Crippen LogP contribution in [0.15, 0.2) is 18.2 Å². The summed E-state index contributed by atoms with van der Waals surface area (Å²) < 4.78 is 5.68. The van der Waals surface area contributed by atoms with E-state index in [1.165, 1.54) is 0 Å². The van der Waals surface area contributed by atoms with Gasteiger partial charge in [0.1, 0.15) is 10.7 Å². The molecule has 2 nitrogen and oxygen atoms in total. The highest BCUT2D eigenvalue weighted by Gasteiger charge is 2.11. The lowest BCUT2D eigenvalue weighted by atomic mass is 10.1. The molecule has 16 heavy (non-hydrogen) atoms. The molecule has 0 spiro atoms. The third-order valence-corrected chi connectivity index (χ3v) is 2.96. The van der Waals surface area contributed by atoms with Crippen LogP contribution >= 0.6 is 23.8 Å². The molecule has 0 amide bonds. The van der Waals surface area contributed by atoms with E-state index >= 15 is 0 Å². The first-order chi connectivity index (χ1) is 7.56. The molecule has 0 saturated carbocycles. The van der Waals surface area contributed by atoms with Crippen LogP contribution in [0.4, 0.5) is 0 Å².